The van der Waals surface area contributed by atoms with Gasteiger partial charge in [0, 0.05) is 36.2 Å². The van der Waals surface area contributed by atoms with Crippen LogP contribution in [0.5, 0.6) is 5.75 Å². The Kier molecular flexibility index (Phi) is 6.34. The fraction of sp³-hybridized carbons (Fsp3) is 0.500. The summed E-state index contributed by atoms with van der Waals surface area (Å²) < 4.78 is 21.2. The first-order chi connectivity index (χ1) is 14.2. The van der Waals surface area contributed by atoms with Crippen molar-refractivity contribution in [3.8, 4) is 5.75 Å². The van der Waals surface area contributed by atoms with Gasteiger partial charge in [-0.2, -0.15) is 0 Å². The molecule has 0 bridgehead atoms. The van der Waals surface area contributed by atoms with Gasteiger partial charge in [0.2, 0.25) is 0 Å². The summed E-state index contributed by atoms with van der Waals surface area (Å²) in [5.41, 5.74) is -0.211. The van der Waals surface area contributed by atoms with Gasteiger partial charge in [-0.15, -0.1) is 0 Å². The van der Waals surface area contributed by atoms with Crippen molar-refractivity contribution in [2.75, 3.05) is 20.2 Å². The number of amides is 1. The number of esters is 1. The lowest BCUT2D eigenvalue weighted by Gasteiger charge is -2.33. The molecule has 0 spiro atoms. The SMILES string of the molecule is COc1ccc2c(COC(=O)C3CCCN(C(=O)OC(C)(C)C)C3)cc(=O)oc2c1. The van der Waals surface area contributed by atoms with Crippen LogP contribution in [0.1, 0.15) is 39.2 Å². The van der Waals surface area contributed by atoms with Gasteiger partial charge in [0.05, 0.1) is 13.0 Å². The molecule has 0 radical (unpaired) electrons. The molecule has 2 aromatic rings. The zero-order valence-electron chi connectivity index (χ0n) is 17.7. The first-order valence-corrected chi connectivity index (χ1v) is 9.91. The standard InChI is InChI=1S/C22H27NO7/c1-22(2,3)30-21(26)23-9-5-6-14(12-23)20(25)28-13-15-10-19(24)29-18-11-16(27-4)7-8-17(15)18/h7-8,10-11,14H,5-6,9,12-13H2,1-4H3. The molecule has 30 heavy (non-hydrogen) atoms. The molecular weight excluding hydrogens is 390 g/mol. The third-order valence-electron chi connectivity index (χ3n) is 4.81. The van der Waals surface area contributed by atoms with Crippen molar-refractivity contribution in [1.82, 2.24) is 4.90 Å². The first kappa shape index (κ1) is 21.7. The summed E-state index contributed by atoms with van der Waals surface area (Å²) in [6, 6.07) is 6.43. The lowest BCUT2D eigenvalue weighted by molar-refractivity contribution is -0.151. The summed E-state index contributed by atoms with van der Waals surface area (Å²) in [7, 11) is 1.52. The average molecular weight is 417 g/mol. The van der Waals surface area contributed by atoms with Gasteiger partial charge in [0.1, 0.15) is 23.5 Å². The Morgan fingerprint density at radius 1 is 1.23 bits per heavy atom. The van der Waals surface area contributed by atoms with Crippen molar-refractivity contribution in [2.45, 2.75) is 45.8 Å². The molecule has 1 saturated heterocycles. The number of rotatable bonds is 4. The molecule has 0 aliphatic carbocycles. The van der Waals surface area contributed by atoms with Crippen LogP contribution in [0.15, 0.2) is 33.5 Å². The van der Waals surface area contributed by atoms with Gasteiger partial charge in [-0.05, 0) is 45.7 Å². The van der Waals surface area contributed by atoms with Gasteiger partial charge in [-0.25, -0.2) is 9.59 Å². The predicted octanol–water partition coefficient (Wildman–Crippen LogP) is 3.49. The monoisotopic (exact) mass is 417 g/mol. The molecule has 8 nitrogen and oxygen atoms in total. The van der Waals surface area contributed by atoms with Crippen LogP contribution in [0, 0.1) is 5.92 Å². The van der Waals surface area contributed by atoms with Gasteiger partial charge in [-0.1, -0.05) is 0 Å². The summed E-state index contributed by atoms with van der Waals surface area (Å²) in [5.74, 6) is -0.278. The molecular formula is C22H27NO7. The van der Waals surface area contributed by atoms with Crippen LogP contribution in [-0.2, 0) is 20.9 Å². The summed E-state index contributed by atoms with van der Waals surface area (Å²) in [5, 5.41) is 0.669. The number of ether oxygens (including phenoxy) is 3. The Balaban J connectivity index is 1.67. The molecule has 1 aliphatic heterocycles. The zero-order valence-corrected chi connectivity index (χ0v) is 17.7. The van der Waals surface area contributed by atoms with Crippen molar-refractivity contribution >= 4 is 23.0 Å². The second-order valence-electron chi connectivity index (χ2n) is 8.33. The molecule has 162 valence electrons. The van der Waals surface area contributed by atoms with Crippen LogP contribution in [0.3, 0.4) is 0 Å². The molecule has 0 saturated carbocycles. The van der Waals surface area contributed by atoms with Gasteiger partial charge < -0.3 is 23.5 Å². The van der Waals surface area contributed by atoms with E-state index in [1.165, 1.54) is 13.2 Å². The van der Waals surface area contributed by atoms with Crippen LogP contribution in [0.4, 0.5) is 4.79 Å². The summed E-state index contributed by atoms with van der Waals surface area (Å²) in [4.78, 5) is 38.3. The third kappa shape index (κ3) is 5.31. The van der Waals surface area contributed by atoms with E-state index in [1.807, 2.05) is 0 Å². The quantitative estimate of drug-likeness (QED) is 0.555. The number of hydrogen-bond donors (Lipinski definition) is 0. The Hall–Kier alpha value is -3.03. The first-order valence-electron chi connectivity index (χ1n) is 9.91. The van der Waals surface area contributed by atoms with E-state index in [1.54, 1.807) is 43.9 Å². The molecule has 0 N–H and O–H groups in total. The van der Waals surface area contributed by atoms with Gasteiger partial charge in [0.25, 0.3) is 0 Å². The number of carbonyl (C=O) groups is 2. The maximum absolute atomic E-state index is 12.6. The second kappa shape index (κ2) is 8.77. The molecule has 1 aliphatic rings. The highest BCUT2D eigenvalue weighted by Crippen LogP contribution is 2.24. The van der Waals surface area contributed by atoms with Crippen molar-refractivity contribution in [3.63, 3.8) is 0 Å². The molecule has 1 unspecified atom stereocenters. The highest BCUT2D eigenvalue weighted by molar-refractivity contribution is 5.82. The molecule has 1 aromatic carbocycles. The van der Waals surface area contributed by atoms with E-state index in [-0.39, 0.29) is 13.2 Å². The number of fused-ring (bicyclic) bond motifs is 1. The van der Waals surface area contributed by atoms with E-state index in [0.717, 1.165) is 0 Å². The van der Waals surface area contributed by atoms with E-state index in [2.05, 4.69) is 0 Å². The van der Waals surface area contributed by atoms with Crippen LogP contribution in [-0.4, -0.2) is 42.8 Å². The minimum Gasteiger partial charge on any atom is -0.497 e. The molecule has 1 aromatic heterocycles. The predicted molar refractivity (Wildman–Crippen MR) is 109 cm³/mol. The smallest absolute Gasteiger partial charge is 0.410 e. The largest absolute Gasteiger partial charge is 0.497 e. The highest BCUT2D eigenvalue weighted by atomic mass is 16.6. The molecule has 1 fully saturated rings. The minimum atomic E-state index is -0.595. The van der Waals surface area contributed by atoms with Crippen molar-refractivity contribution < 1.29 is 28.2 Å². The van der Waals surface area contributed by atoms with Crippen LogP contribution in [0.2, 0.25) is 0 Å². The minimum absolute atomic E-state index is 0.0593. The Morgan fingerprint density at radius 2 is 2.00 bits per heavy atom. The van der Waals surface area contributed by atoms with Crippen molar-refractivity contribution in [2.24, 2.45) is 5.92 Å². The average Bonchev–Trinajstić information content (AvgIpc) is 2.69. The highest BCUT2D eigenvalue weighted by Gasteiger charge is 2.32. The molecule has 1 atom stereocenters. The van der Waals surface area contributed by atoms with E-state index in [0.29, 0.717) is 41.7 Å². The van der Waals surface area contributed by atoms with Gasteiger partial charge in [-0.3, -0.25) is 4.79 Å². The fourth-order valence-electron chi connectivity index (χ4n) is 3.39. The van der Waals surface area contributed by atoms with Crippen LogP contribution in [0.25, 0.3) is 11.0 Å². The topological polar surface area (TPSA) is 95.3 Å². The Bertz CT molecular complexity index is 989. The zero-order chi connectivity index (χ0) is 21.9. The lowest BCUT2D eigenvalue weighted by Crippen LogP contribution is -2.45. The number of hydrogen-bond acceptors (Lipinski definition) is 7. The molecule has 1 amide bonds. The van der Waals surface area contributed by atoms with E-state index < -0.39 is 29.2 Å². The molecule has 2 heterocycles. The van der Waals surface area contributed by atoms with E-state index in [9.17, 15) is 14.4 Å². The Labute approximate surface area is 174 Å². The van der Waals surface area contributed by atoms with Crippen molar-refractivity contribution in [3.05, 3.63) is 40.2 Å². The van der Waals surface area contributed by atoms with E-state index in [4.69, 9.17) is 18.6 Å². The summed E-state index contributed by atoms with van der Waals surface area (Å²) >= 11 is 0. The maximum atomic E-state index is 12.6. The lowest BCUT2D eigenvalue weighted by atomic mass is 9.98. The second-order valence-corrected chi connectivity index (χ2v) is 8.33. The van der Waals surface area contributed by atoms with Crippen LogP contribution < -0.4 is 10.4 Å². The number of benzene rings is 1. The molecule has 8 heteroatoms. The number of nitrogens with zero attached hydrogens (tertiary/aromatic N) is 1. The maximum Gasteiger partial charge on any atom is 0.410 e. The number of methoxy groups -OCH3 is 1. The summed E-state index contributed by atoms with van der Waals surface area (Å²) in [6.07, 6.45) is 0.893. The number of likely N-dealkylation sites (tertiary alicyclic amines) is 1. The van der Waals surface area contributed by atoms with Gasteiger partial charge in [0.15, 0.2) is 0 Å². The number of carbonyl (C=O) groups excluding carboxylic acids is 2. The van der Waals surface area contributed by atoms with E-state index >= 15 is 0 Å². The number of piperidine rings is 1. The van der Waals surface area contributed by atoms with Gasteiger partial charge >= 0.3 is 17.7 Å². The Morgan fingerprint density at radius 3 is 2.70 bits per heavy atom. The summed E-state index contributed by atoms with van der Waals surface area (Å²) in [6.45, 7) is 6.15. The molecule has 3 rings (SSSR count). The third-order valence-corrected chi connectivity index (χ3v) is 4.81. The normalized spacial score (nSPS) is 16.9. The van der Waals surface area contributed by atoms with Crippen LogP contribution >= 0.6 is 0 Å². The van der Waals surface area contributed by atoms with Crippen molar-refractivity contribution in [1.29, 1.82) is 0 Å². The fourth-order valence-corrected chi connectivity index (χ4v) is 3.39.